The lowest BCUT2D eigenvalue weighted by atomic mass is 9.83. The number of rotatable bonds is 5. The van der Waals surface area contributed by atoms with E-state index < -0.39 is 22.4 Å². The van der Waals surface area contributed by atoms with Crippen molar-refractivity contribution in [1.82, 2.24) is 0 Å². The Morgan fingerprint density at radius 2 is 1.89 bits per heavy atom. The normalized spacial score (nSPS) is 13.1. The van der Waals surface area contributed by atoms with Gasteiger partial charge in [-0.15, -0.1) is 0 Å². The maximum atomic E-state index is 10.9. The Balaban J connectivity index is 2.79. The molecule has 0 heterocycles. The summed E-state index contributed by atoms with van der Waals surface area (Å²) >= 11 is 0. The average molecular weight is 253 g/mol. The molecule has 0 spiro atoms. The van der Waals surface area contributed by atoms with Gasteiger partial charge in [0.05, 0.1) is 16.4 Å². The number of benzene rings is 1. The van der Waals surface area contributed by atoms with Gasteiger partial charge in [-0.1, -0.05) is 12.1 Å². The highest BCUT2D eigenvalue weighted by atomic mass is 16.6. The van der Waals surface area contributed by atoms with E-state index in [1.807, 2.05) is 0 Å². The summed E-state index contributed by atoms with van der Waals surface area (Å²) in [6.07, 6.45) is -0.923. The number of nitro groups is 1. The molecule has 1 unspecified atom stereocenters. The minimum atomic E-state index is -1.26. The van der Waals surface area contributed by atoms with Crippen LogP contribution in [0.1, 0.15) is 19.4 Å². The van der Waals surface area contributed by atoms with E-state index in [1.165, 1.54) is 38.1 Å². The van der Waals surface area contributed by atoms with Crippen molar-refractivity contribution in [3.05, 3.63) is 39.9 Å². The van der Waals surface area contributed by atoms with E-state index in [0.717, 1.165) is 0 Å². The van der Waals surface area contributed by atoms with Crippen LogP contribution in [0.5, 0.6) is 0 Å². The maximum Gasteiger partial charge on any atom is 0.311 e. The number of hydrogen-bond acceptors (Lipinski definition) is 4. The van der Waals surface area contributed by atoms with Crippen LogP contribution >= 0.6 is 0 Å². The van der Waals surface area contributed by atoms with E-state index in [-0.39, 0.29) is 12.1 Å². The van der Waals surface area contributed by atoms with Crippen molar-refractivity contribution in [2.24, 2.45) is 5.41 Å². The van der Waals surface area contributed by atoms with Crippen molar-refractivity contribution in [1.29, 1.82) is 0 Å². The molecule has 1 atom stereocenters. The van der Waals surface area contributed by atoms with E-state index >= 15 is 0 Å². The van der Waals surface area contributed by atoms with Gasteiger partial charge in [0, 0.05) is 12.1 Å². The van der Waals surface area contributed by atoms with Gasteiger partial charge in [0.15, 0.2) is 0 Å². The minimum absolute atomic E-state index is 0.0364. The Kier molecular flexibility index (Phi) is 4.03. The third kappa shape index (κ3) is 3.04. The standard InChI is InChI=1S/C12H15NO5/c1-12(2,11(15)16)10(14)7-8-3-5-9(6-4-8)13(17)18/h3-6,10,14H,7H2,1-2H3,(H,15,16). The first-order valence-electron chi connectivity index (χ1n) is 5.40. The fourth-order valence-corrected chi connectivity index (χ4v) is 1.37. The Bertz CT molecular complexity index is 452. The second-order valence-corrected chi connectivity index (χ2v) is 4.67. The van der Waals surface area contributed by atoms with Gasteiger partial charge in [-0.2, -0.15) is 0 Å². The molecule has 0 fully saturated rings. The topological polar surface area (TPSA) is 101 Å². The second kappa shape index (κ2) is 5.14. The molecule has 0 radical (unpaired) electrons. The zero-order valence-electron chi connectivity index (χ0n) is 10.2. The number of carbonyl (C=O) groups is 1. The van der Waals surface area contributed by atoms with Crippen LogP contribution in [0.4, 0.5) is 5.69 Å². The largest absolute Gasteiger partial charge is 0.481 e. The van der Waals surface area contributed by atoms with Crippen LogP contribution in [0.15, 0.2) is 24.3 Å². The SMILES string of the molecule is CC(C)(C(=O)O)C(O)Cc1ccc([N+](=O)[O-])cc1. The Morgan fingerprint density at radius 1 is 1.39 bits per heavy atom. The fourth-order valence-electron chi connectivity index (χ4n) is 1.37. The molecule has 0 bridgehead atoms. The highest BCUT2D eigenvalue weighted by molar-refractivity contribution is 5.74. The molecule has 0 saturated carbocycles. The number of carboxylic acids is 1. The molecule has 0 amide bonds. The number of aliphatic carboxylic acids is 1. The van der Waals surface area contributed by atoms with E-state index in [1.54, 1.807) is 0 Å². The molecule has 0 saturated heterocycles. The number of aliphatic hydroxyl groups excluding tert-OH is 1. The lowest BCUT2D eigenvalue weighted by Gasteiger charge is -2.25. The lowest BCUT2D eigenvalue weighted by molar-refractivity contribution is -0.384. The first kappa shape index (κ1) is 14.1. The first-order valence-corrected chi connectivity index (χ1v) is 5.40. The Morgan fingerprint density at radius 3 is 2.28 bits per heavy atom. The summed E-state index contributed by atoms with van der Waals surface area (Å²) in [5, 5.41) is 29.3. The highest BCUT2D eigenvalue weighted by Crippen LogP contribution is 2.24. The zero-order chi connectivity index (χ0) is 13.9. The predicted octanol–water partition coefficient (Wildman–Crippen LogP) is 1.61. The molecule has 2 N–H and O–H groups in total. The molecule has 0 aliphatic rings. The van der Waals surface area contributed by atoms with Crippen molar-refractivity contribution in [3.63, 3.8) is 0 Å². The third-order valence-corrected chi connectivity index (χ3v) is 2.96. The van der Waals surface area contributed by atoms with Gasteiger partial charge < -0.3 is 10.2 Å². The van der Waals surface area contributed by atoms with Gasteiger partial charge in [-0.25, -0.2) is 0 Å². The van der Waals surface area contributed by atoms with Gasteiger partial charge >= 0.3 is 5.97 Å². The Labute approximate surface area is 104 Å². The summed E-state index contributed by atoms with van der Waals surface area (Å²) < 4.78 is 0. The highest BCUT2D eigenvalue weighted by Gasteiger charge is 2.35. The zero-order valence-corrected chi connectivity index (χ0v) is 10.2. The van der Waals surface area contributed by atoms with Gasteiger partial charge in [0.1, 0.15) is 0 Å². The van der Waals surface area contributed by atoms with Crippen LogP contribution in [-0.2, 0) is 11.2 Å². The second-order valence-electron chi connectivity index (χ2n) is 4.67. The monoisotopic (exact) mass is 253 g/mol. The fraction of sp³-hybridized carbons (Fsp3) is 0.417. The molecule has 1 aromatic carbocycles. The average Bonchev–Trinajstić information content (AvgIpc) is 2.29. The van der Waals surface area contributed by atoms with Crippen LogP contribution in [0, 0.1) is 15.5 Å². The molecule has 0 aliphatic heterocycles. The van der Waals surface area contributed by atoms with Gasteiger partial charge in [-0.05, 0) is 25.8 Å². The first-order chi connectivity index (χ1) is 8.25. The molecule has 1 aromatic rings. The number of hydrogen-bond donors (Lipinski definition) is 2. The number of nitrogens with zero attached hydrogens (tertiary/aromatic N) is 1. The van der Waals surface area contributed by atoms with Gasteiger partial charge in [-0.3, -0.25) is 14.9 Å². The summed E-state index contributed by atoms with van der Waals surface area (Å²) in [6.45, 7) is 2.87. The van der Waals surface area contributed by atoms with E-state index in [2.05, 4.69) is 0 Å². The maximum absolute atomic E-state index is 10.9. The summed E-state index contributed by atoms with van der Waals surface area (Å²) in [6, 6.07) is 5.68. The summed E-state index contributed by atoms with van der Waals surface area (Å²) in [7, 11) is 0. The van der Waals surface area contributed by atoms with Crippen LogP contribution < -0.4 is 0 Å². The van der Waals surface area contributed by atoms with Crippen LogP contribution in [0.3, 0.4) is 0 Å². The molecule has 18 heavy (non-hydrogen) atoms. The summed E-state index contributed by atoms with van der Waals surface area (Å²) in [5.74, 6) is -1.09. The van der Waals surface area contributed by atoms with Crippen molar-refractivity contribution >= 4 is 11.7 Å². The molecule has 1 rings (SSSR count). The Hall–Kier alpha value is -1.95. The van der Waals surface area contributed by atoms with E-state index in [9.17, 15) is 20.0 Å². The van der Waals surface area contributed by atoms with Crippen molar-refractivity contribution < 1.29 is 19.9 Å². The smallest absolute Gasteiger partial charge is 0.311 e. The van der Waals surface area contributed by atoms with Crippen LogP contribution in [0.25, 0.3) is 0 Å². The van der Waals surface area contributed by atoms with Crippen LogP contribution in [-0.4, -0.2) is 27.2 Å². The van der Waals surface area contributed by atoms with E-state index in [4.69, 9.17) is 5.11 Å². The predicted molar refractivity (Wildman–Crippen MR) is 64.2 cm³/mol. The number of aliphatic hydroxyl groups is 1. The van der Waals surface area contributed by atoms with Crippen molar-refractivity contribution in [3.8, 4) is 0 Å². The van der Waals surface area contributed by atoms with Gasteiger partial charge in [0.25, 0.3) is 5.69 Å². The van der Waals surface area contributed by atoms with Gasteiger partial charge in [0.2, 0.25) is 0 Å². The van der Waals surface area contributed by atoms with Crippen molar-refractivity contribution in [2.45, 2.75) is 26.4 Å². The summed E-state index contributed by atoms with van der Waals surface area (Å²) in [5.41, 5.74) is -0.643. The molecule has 98 valence electrons. The van der Waals surface area contributed by atoms with E-state index in [0.29, 0.717) is 5.56 Å². The number of nitro benzene ring substituents is 1. The van der Waals surface area contributed by atoms with Crippen LogP contribution in [0.2, 0.25) is 0 Å². The summed E-state index contributed by atoms with van der Waals surface area (Å²) in [4.78, 5) is 20.9. The molecular weight excluding hydrogens is 238 g/mol. The number of carboxylic acid groups (broad SMARTS) is 1. The quantitative estimate of drug-likeness (QED) is 0.613. The number of non-ortho nitro benzene ring substituents is 1. The minimum Gasteiger partial charge on any atom is -0.481 e. The third-order valence-electron chi connectivity index (χ3n) is 2.96. The van der Waals surface area contributed by atoms with Crippen molar-refractivity contribution in [2.75, 3.05) is 0 Å². The molecule has 6 nitrogen and oxygen atoms in total. The molecule has 0 aromatic heterocycles. The molecular formula is C12H15NO5. The molecule has 0 aliphatic carbocycles. The molecule has 6 heteroatoms. The lowest BCUT2D eigenvalue weighted by Crippen LogP contribution is -2.38.